The fourth-order valence-corrected chi connectivity index (χ4v) is 5.23. The molecule has 1 saturated carbocycles. The molecule has 0 atom stereocenters. The minimum Gasteiger partial charge on any atom is -0.369 e. The second-order valence-corrected chi connectivity index (χ2v) is 9.96. The second kappa shape index (κ2) is 8.18. The molecule has 2 aliphatic carbocycles. The standard InChI is InChI=1S/C23H28Cl2N4O/c24-18-4-3-16(14-19(18)25)29-12-10-28(11-13-29)9-1-2-21-26-20-5-6-23(7-8-23)15-17(20)22(30)27-21/h3-4,14H,1-2,5-13,15H2,(H,26,27,30). The first-order chi connectivity index (χ1) is 14.5. The van der Waals surface area contributed by atoms with Crippen molar-refractivity contribution >= 4 is 28.9 Å². The van der Waals surface area contributed by atoms with E-state index >= 15 is 0 Å². The summed E-state index contributed by atoms with van der Waals surface area (Å²) in [7, 11) is 0. The maximum Gasteiger partial charge on any atom is 0.254 e. The van der Waals surface area contributed by atoms with Crippen molar-refractivity contribution in [2.75, 3.05) is 37.6 Å². The highest BCUT2D eigenvalue weighted by atomic mass is 35.5. The fourth-order valence-electron chi connectivity index (χ4n) is 4.94. The molecule has 0 radical (unpaired) electrons. The van der Waals surface area contributed by atoms with Gasteiger partial charge in [0.25, 0.3) is 5.56 Å². The van der Waals surface area contributed by atoms with Crippen LogP contribution < -0.4 is 10.5 Å². The zero-order valence-corrected chi connectivity index (χ0v) is 18.7. The number of nitrogens with zero attached hydrogens (tertiary/aromatic N) is 3. The van der Waals surface area contributed by atoms with Crippen molar-refractivity contribution in [1.29, 1.82) is 0 Å². The summed E-state index contributed by atoms with van der Waals surface area (Å²) in [5.74, 6) is 0.861. The van der Waals surface area contributed by atoms with Gasteiger partial charge in [0.2, 0.25) is 0 Å². The Hall–Kier alpha value is -1.56. The largest absolute Gasteiger partial charge is 0.369 e. The van der Waals surface area contributed by atoms with Crippen LogP contribution in [0.3, 0.4) is 0 Å². The number of aromatic nitrogens is 2. The Morgan fingerprint density at radius 2 is 1.87 bits per heavy atom. The number of aryl methyl sites for hydroxylation is 2. The molecule has 1 aromatic heterocycles. The Balaban J connectivity index is 1.12. The van der Waals surface area contributed by atoms with Gasteiger partial charge in [-0.05, 0) is 68.7 Å². The van der Waals surface area contributed by atoms with Crippen LogP contribution in [-0.4, -0.2) is 47.6 Å². The van der Waals surface area contributed by atoms with Gasteiger partial charge in [-0.2, -0.15) is 0 Å². The highest BCUT2D eigenvalue weighted by molar-refractivity contribution is 6.42. The number of hydrogen-bond acceptors (Lipinski definition) is 4. The van der Waals surface area contributed by atoms with E-state index in [1.54, 1.807) is 0 Å². The Morgan fingerprint density at radius 1 is 1.07 bits per heavy atom. The molecule has 1 aromatic carbocycles. The molecule has 2 fully saturated rings. The molecular weight excluding hydrogens is 419 g/mol. The summed E-state index contributed by atoms with van der Waals surface area (Å²) in [5.41, 5.74) is 3.70. The number of rotatable bonds is 5. The Bertz CT molecular complexity index is 993. The molecule has 160 valence electrons. The SMILES string of the molecule is O=c1[nH]c(CCCN2CCN(c3ccc(Cl)c(Cl)c3)CC2)nc2c1CC1(CC2)CC1. The van der Waals surface area contributed by atoms with Crippen LogP contribution >= 0.6 is 23.2 Å². The zero-order chi connectivity index (χ0) is 20.7. The lowest BCUT2D eigenvalue weighted by atomic mass is 9.84. The molecule has 5 rings (SSSR count). The lowest BCUT2D eigenvalue weighted by Gasteiger charge is -2.36. The number of benzene rings is 1. The lowest BCUT2D eigenvalue weighted by Crippen LogP contribution is -2.46. The predicted molar refractivity (Wildman–Crippen MR) is 122 cm³/mol. The van der Waals surface area contributed by atoms with Gasteiger partial charge < -0.3 is 9.88 Å². The molecule has 2 heterocycles. The van der Waals surface area contributed by atoms with E-state index in [1.165, 1.54) is 19.3 Å². The van der Waals surface area contributed by atoms with Crippen LogP contribution in [0.4, 0.5) is 5.69 Å². The highest BCUT2D eigenvalue weighted by Gasteiger charge is 2.45. The minimum absolute atomic E-state index is 0.108. The van der Waals surface area contributed by atoms with Crippen molar-refractivity contribution in [1.82, 2.24) is 14.9 Å². The first kappa shape index (κ1) is 20.3. The van der Waals surface area contributed by atoms with Gasteiger partial charge in [0.15, 0.2) is 0 Å². The van der Waals surface area contributed by atoms with Crippen LogP contribution in [0.1, 0.15) is 42.8 Å². The molecule has 0 bridgehead atoms. The first-order valence-electron chi connectivity index (χ1n) is 11.0. The quantitative estimate of drug-likeness (QED) is 0.750. The molecule has 7 heteroatoms. The van der Waals surface area contributed by atoms with Gasteiger partial charge in [-0.25, -0.2) is 4.98 Å². The van der Waals surface area contributed by atoms with E-state index in [-0.39, 0.29) is 5.56 Å². The van der Waals surface area contributed by atoms with Crippen LogP contribution in [0.5, 0.6) is 0 Å². The molecule has 1 aliphatic heterocycles. The van der Waals surface area contributed by atoms with E-state index in [1.807, 2.05) is 18.2 Å². The van der Waals surface area contributed by atoms with Gasteiger partial charge >= 0.3 is 0 Å². The molecule has 3 aliphatic rings. The summed E-state index contributed by atoms with van der Waals surface area (Å²) < 4.78 is 0. The maximum atomic E-state index is 12.6. The van der Waals surface area contributed by atoms with Gasteiger partial charge in [0.1, 0.15) is 5.82 Å². The molecule has 0 unspecified atom stereocenters. The van der Waals surface area contributed by atoms with Gasteiger partial charge in [-0.15, -0.1) is 0 Å². The third kappa shape index (κ3) is 4.25. The summed E-state index contributed by atoms with van der Waals surface area (Å²) in [6, 6.07) is 5.85. The van der Waals surface area contributed by atoms with Crippen molar-refractivity contribution in [2.24, 2.45) is 5.41 Å². The smallest absolute Gasteiger partial charge is 0.254 e. The number of fused-ring (bicyclic) bond motifs is 1. The second-order valence-electron chi connectivity index (χ2n) is 9.15. The van der Waals surface area contributed by atoms with Crippen LogP contribution in [0.2, 0.25) is 10.0 Å². The molecule has 1 saturated heterocycles. The lowest BCUT2D eigenvalue weighted by molar-refractivity contribution is 0.254. The topological polar surface area (TPSA) is 52.2 Å². The number of anilines is 1. The van der Waals surface area contributed by atoms with Gasteiger partial charge in [-0.1, -0.05) is 23.2 Å². The molecule has 30 heavy (non-hydrogen) atoms. The summed E-state index contributed by atoms with van der Waals surface area (Å²) in [5, 5.41) is 1.20. The number of nitrogens with one attached hydrogen (secondary N) is 1. The van der Waals surface area contributed by atoms with Crippen LogP contribution in [0, 0.1) is 5.41 Å². The van der Waals surface area contributed by atoms with Gasteiger partial charge in [0, 0.05) is 43.9 Å². The molecule has 0 amide bonds. The van der Waals surface area contributed by atoms with Crippen molar-refractivity contribution in [3.8, 4) is 0 Å². The summed E-state index contributed by atoms with van der Waals surface area (Å²) in [6.07, 6.45) is 7.53. The third-order valence-corrected chi connectivity index (χ3v) is 7.82. The molecule has 1 N–H and O–H groups in total. The zero-order valence-electron chi connectivity index (χ0n) is 17.2. The molecule has 1 spiro atoms. The predicted octanol–water partition coefficient (Wildman–Crippen LogP) is 4.10. The molecule has 5 nitrogen and oxygen atoms in total. The number of H-pyrrole nitrogens is 1. The fraction of sp³-hybridized carbons (Fsp3) is 0.565. The van der Waals surface area contributed by atoms with Crippen LogP contribution in [-0.2, 0) is 19.3 Å². The maximum absolute atomic E-state index is 12.6. The van der Waals surface area contributed by atoms with E-state index in [0.29, 0.717) is 15.5 Å². The van der Waals surface area contributed by atoms with Gasteiger partial charge in [-0.3, -0.25) is 9.69 Å². The van der Waals surface area contributed by atoms with E-state index in [2.05, 4.69) is 14.8 Å². The average Bonchev–Trinajstić information content (AvgIpc) is 3.50. The number of halogens is 2. The number of hydrogen-bond donors (Lipinski definition) is 1. The Kier molecular flexibility index (Phi) is 5.55. The molecular formula is C23H28Cl2N4O. The number of aromatic amines is 1. The Labute approximate surface area is 187 Å². The normalized spacial score (nSPS) is 20.4. The number of piperazine rings is 1. The van der Waals surface area contributed by atoms with E-state index in [4.69, 9.17) is 28.2 Å². The summed E-state index contributed by atoms with van der Waals surface area (Å²) in [4.78, 5) is 25.3. The average molecular weight is 447 g/mol. The van der Waals surface area contributed by atoms with E-state index < -0.39 is 0 Å². The minimum atomic E-state index is 0.108. The van der Waals surface area contributed by atoms with Crippen molar-refractivity contribution < 1.29 is 0 Å². The van der Waals surface area contributed by atoms with Crippen molar-refractivity contribution in [2.45, 2.75) is 44.9 Å². The molecule has 2 aromatic rings. The monoisotopic (exact) mass is 446 g/mol. The van der Waals surface area contributed by atoms with Crippen LogP contribution in [0.25, 0.3) is 0 Å². The summed E-state index contributed by atoms with van der Waals surface area (Å²) in [6.45, 7) is 5.04. The Morgan fingerprint density at radius 3 is 2.60 bits per heavy atom. The van der Waals surface area contributed by atoms with Crippen molar-refractivity contribution in [3.63, 3.8) is 0 Å². The van der Waals surface area contributed by atoms with E-state index in [0.717, 1.165) is 81.2 Å². The van der Waals surface area contributed by atoms with Crippen molar-refractivity contribution in [3.05, 3.63) is 55.7 Å². The van der Waals surface area contributed by atoms with Gasteiger partial charge in [0.05, 0.1) is 15.7 Å². The third-order valence-electron chi connectivity index (χ3n) is 7.08. The van der Waals surface area contributed by atoms with E-state index in [9.17, 15) is 4.79 Å². The summed E-state index contributed by atoms with van der Waals surface area (Å²) >= 11 is 12.2. The highest BCUT2D eigenvalue weighted by Crippen LogP contribution is 2.53. The van der Waals surface area contributed by atoms with Crippen LogP contribution in [0.15, 0.2) is 23.0 Å². The first-order valence-corrected chi connectivity index (χ1v) is 11.8.